The maximum Gasteiger partial charge on any atom is 0.433 e. The maximum atomic E-state index is 12.9. The van der Waals surface area contributed by atoms with Gasteiger partial charge in [-0.2, -0.15) is 13.2 Å². The number of benzene rings is 1. The average molecular weight is 495 g/mol. The SMILES string of the molecule is Cc1cc(Nc2nccc(C(F)(F)F)n2)cc(-c2cnc([C@](C)(O)CCC(C)(C)C(=O)O)s2)c1. The third-order valence-corrected chi connectivity index (χ3v) is 6.65. The monoisotopic (exact) mass is 494 g/mol. The number of carboxylic acid groups (broad SMARTS) is 1. The van der Waals surface area contributed by atoms with Crippen LogP contribution in [0.2, 0.25) is 0 Å². The molecule has 0 radical (unpaired) electrons. The zero-order valence-corrected chi connectivity index (χ0v) is 19.9. The van der Waals surface area contributed by atoms with Crippen LogP contribution in [-0.4, -0.2) is 31.1 Å². The van der Waals surface area contributed by atoms with Crippen LogP contribution in [0.1, 0.15) is 49.9 Å². The number of halogens is 3. The second kappa shape index (κ2) is 9.30. The van der Waals surface area contributed by atoms with Gasteiger partial charge in [0.15, 0.2) is 0 Å². The van der Waals surface area contributed by atoms with Crippen molar-refractivity contribution in [3.05, 3.63) is 52.9 Å². The van der Waals surface area contributed by atoms with E-state index in [-0.39, 0.29) is 18.8 Å². The number of rotatable bonds is 8. The third-order valence-electron chi connectivity index (χ3n) is 5.35. The number of hydrogen-bond donors (Lipinski definition) is 3. The van der Waals surface area contributed by atoms with Crippen LogP contribution < -0.4 is 5.32 Å². The van der Waals surface area contributed by atoms with Crippen molar-refractivity contribution in [2.75, 3.05) is 5.32 Å². The molecule has 1 atom stereocenters. The zero-order chi connectivity index (χ0) is 25.3. The first-order valence-corrected chi connectivity index (χ1v) is 11.2. The van der Waals surface area contributed by atoms with E-state index in [0.29, 0.717) is 10.7 Å². The van der Waals surface area contributed by atoms with E-state index in [4.69, 9.17) is 0 Å². The van der Waals surface area contributed by atoms with Crippen LogP contribution in [0.3, 0.4) is 0 Å². The van der Waals surface area contributed by atoms with Gasteiger partial charge in [-0.05, 0) is 69.9 Å². The van der Waals surface area contributed by atoms with Crippen molar-refractivity contribution in [3.63, 3.8) is 0 Å². The van der Waals surface area contributed by atoms with Gasteiger partial charge in [0.1, 0.15) is 16.3 Å². The molecule has 0 fully saturated rings. The lowest BCUT2D eigenvalue weighted by atomic mass is 9.84. The van der Waals surface area contributed by atoms with Crippen LogP contribution in [0.25, 0.3) is 10.4 Å². The average Bonchev–Trinajstić information content (AvgIpc) is 3.23. The van der Waals surface area contributed by atoms with Gasteiger partial charge in [-0.1, -0.05) is 6.07 Å². The summed E-state index contributed by atoms with van der Waals surface area (Å²) in [4.78, 5) is 23.8. The number of carboxylic acids is 1. The fourth-order valence-corrected chi connectivity index (χ4v) is 4.11. The Balaban J connectivity index is 1.82. The molecule has 3 aromatic rings. The van der Waals surface area contributed by atoms with Gasteiger partial charge in [-0.25, -0.2) is 15.0 Å². The number of aliphatic carboxylic acids is 1. The number of aryl methyl sites for hydroxylation is 1. The first kappa shape index (κ1) is 25.6. The smallest absolute Gasteiger partial charge is 0.433 e. The minimum Gasteiger partial charge on any atom is -0.481 e. The van der Waals surface area contributed by atoms with Gasteiger partial charge in [-0.3, -0.25) is 4.79 Å². The second-order valence-corrected chi connectivity index (χ2v) is 10.00. The Kier molecular flexibility index (Phi) is 6.99. The quantitative estimate of drug-likeness (QED) is 0.365. The van der Waals surface area contributed by atoms with Crippen LogP contribution in [0.5, 0.6) is 0 Å². The van der Waals surface area contributed by atoms with Crippen molar-refractivity contribution in [1.82, 2.24) is 15.0 Å². The van der Waals surface area contributed by atoms with Gasteiger partial charge in [0.25, 0.3) is 0 Å². The number of aliphatic hydroxyl groups is 1. The van der Waals surface area contributed by atoms with Crippen molar-refractivity contribution in [3.8, 4) is 10.4 Å². The molecule has 2 aromatic heterocycles. The van der Waals surface area contributed by atoms with E-state index < -0.39 is 28.9 Å². The van der Waals surface area contributed by atoms with Gasteiger partial charge in [0, 0.05) is 18.1 Å². The molecule has 3 N–H and O–H groups in total. The van der Waals surface area contributed by atoms with Crippen LogP contribution in [-0.2, 0) is 16.6 Å². The molecule has 0 spiro atoms. The van der Waals surface area contributed by atoms with Gasteiger partial charge in [-0.15, -0.1) is 11.3 Å². The van der Waals surface area contributed by atoms with E-state index in [1.807, 2.05) is 13.0 Å². The predicted molar refractivity (Wildman–Crippen MR) is 123 cm³/mol. The molecule has 0 aliphatic rings. The number of anilines is 2. The number of carbonyl (C=O) groups is 1. The molecule has 0 unspecified atom stereocenters. The Labute approximate surface area is 198 Å². The van der Waals surface area contributed by atoms with Gasteiger partial charge >= 0.3 is 12.1 Å². The third kappa shape index (κ3) is 6.09. The van der Waals surface area contributed by atoms with Crippen molar-refractivity contribution in [1.29, 1.82) is 0 Å². The molecule has 1 aromatic carbocycles. The highest BCUT2D eigenvalue weighted by Gasteiger charge is 2.34. The minimum absolute atomic E-state index is 0.180. The maximum absolute atomic E-state index is 12.9. The highest BCUT2D eigenvalue weighted by molar-refractivity contribution is 7.15. The minimum atomic E-state index is -4.58. The van der Waals surface area contributed by atoms with E-state index in [1.165, 1.54) is 11.3 Å². The molecule has 0 bridgehead atoms. The highest BCUT2D eigenvalue weighted by atomic mass is 32.1. The summed E-state index contributed by atoms with van der Waals surface area (Å²) < 4.78 is 38.8. The van der Waals surface area contributed by atoms with Crippen LogP contribution in [0.4, 0.5) is 24.8 Å². The fourth-order valence-electron chi connectivity index (χ4n) is 3.13. The Morgan fingerprint density at radius 1 is 1.12 bits per heavy atom. The molecule has 0 amide bonds. The summed E-state index contributed by atoms with van der Waals surface area (Å²) >= 11 is 1.27. The molecule has 0 aliphatic carbocycles. The first-order valence-electron chi connectivity index (χ1n) is 10.4. The summed E-state index contributed by atoms with van der Waals surface area (Å²) in [5.41, 5.74) is -1.24. The summed E-state index contributed by atoms with van der Waals surface area (Å²) in [7, 11) is 0. The van der Waals surface area contributed by atoms with Gasteiger partial charge in [0.05, 0.1) is 10.3 Å². The molecule has 182 valence electrons. The number of alkyl halides is 3. The molecule has 0 saturated carbocycles. The lowest BCUT2D eigenvalue weighted by Crippen LogP contribution is -2.29. The summed E-state index contributed by atoms with van der Waals surface area (Å²) in [6, 6.07) is 6.17. The lowest BCUT2D eigenvalue weighted by molar-refractivity contribution is -0.148. The number of nitrogens with zero attached hydrogens (tertiary/aromatic N) is 3. The molecule has 0 saturated heterocycles. The lowest BCUT2D eigenvalue weighted by Gasteiger charge is -2.26. The largest absolute Gasteiger partial charge is 0.481 e. The normalized spacial score (nSPS) is 14.0. The Hall–Kier alpha value is -3.05. The van der Waals surface area contributed by atoms with Gasteiger partial charge < -0.3 is 15.5 Å². The van der Waals surface area contributed by atoms with Crippen LogP contribution in [0, 0.1) is 12.3 Å². The molecule has 11 heteroatoms. The number of thiazole rings is 1. The van der Waals surface area contributed by atoms with Gasteiger partial charge in [0.2, 0.25) is 5.95 Å². The van der Waals surface area contributed by atoms with E-state index in [1.54, 1.807) is 39.1 Å². The van der Waals surface area contributed by atoms with Crippen molar-refractivity contribution >= 4 is 28.9 Å². The topological polar surface area (TPSA) is 108 Å². The molecule has 3 rings (SSSR count). The molecular weight excluding hydrogens is 469 g/mol. The Morgan fingerprint density at radius 3 is 2.47 bits per heavy atom. The summed E-state index contributed by atoms with van der Waals surface area (Å²) in [6.07, 6.45) is -1.45. The van der Waals surface area contributed by atoms with Crippen molar-refractivity contribution < 1.29 is 28.2 Å². The number of nitrogens with one attached hydrogen (secondary N) is 1. The summed E-state index contributed by atoms with van der Waals surface area (Å²) in [6.45, 7) is 6.65. The molecule has 2 heterocycles. The Bertz CT molecular complexity index is 1190. The number of aromatic nitrogens is 3. The van der Waals surface area contributed by atoms with Crippen molar-refractivity contribution in [2.24, 2.45) is 5.41 Å². The van der Waals surface area contributed by atoms with Crippen LogP contribution >= 0.6 is 11.3 Å². The predicted octanol–water partition coefficient (Wildman–Crippen LogP) is 5.77. The molecular formula is C23H25F3N4O3S. The molecule has 34 heavy (non-hydrogen) atoms. The Morgan fingerprint density at radius 2 is 1.82 bits per heavy atom. The van der Waals surface area contributed by atoms with Crippen LogP contribution in [0.15, 0.2) is 36.7 Å². The first-order chi connectivity index (χ1) is 15.7. The molecule has 7 nitrogen and oxygen atoms in total. The van der Waals surface area contributed by atoms with E-state index in [0.717, 1.165) is 28.3 Å². The van der Waals surface area contributed by atoms with E-state index in [9.17, 15) is 28.2 Å². The van der Waals surface area contributed by atoms with E-state index in [2.05, 4.69) is 20.3 Å². The summed E-state index contributed by atoms with van der Waals surface area (Å²) in [5.74, 6) is -1.12. The summed E-state index contributed by atoms with van der Waals surface area (Å²) in [5, 5.41) is 23.5. The standard InChI is InChI=1S/C23H25F3N4O3S/c1-13-9-14(11-15(10-13)29-20-27-8-5-17(30-20)23(24,25)26)16-12-28-18(34-16)22(4,33)7-6-21(2,3)19(31)32/h5,8-12,33H,6-7H2,1-4H3,(H,31,32)(H,27,29,30)/t22-/m1/s1. The fraction of sp³-hybridized carbons (Fsp3) is 0.391. The highest BCUT2D eigenvalue weighted by Crippen LogP contribution is 2.38. The van der Waals surface area contributed by atoms with Crippen molar-refractivity contribution in [2.45, 2.75) is 52.3 Å². The number of hydrogen-bond acceptors (Lipinski definition) is 7. The second-order valence-electron chi connectivity index (χ2n) is 8.97. The molecule has 0 aliphatic heterocycles. The van der Waals surface area contributed by atoms with E-state index >= 15 is 0 Å². The zero-order valence-electron chi connectivity index (χ0n) is 19.1.